The number of anilines is 2. The molecule has 0 aliphatic rings. The van der Waals surface area contributed by atoms with E-state index < -0.39 is 0 Å². The van der Waals surface area contributed by atoms with Crippen molar-refractivity contribution in [3.05, 3.63) is 17.3 Å². The highest BCUT2D eigenvalue weighted by molar-refractivity contribution is 7.98. The highest BCUT2D eigenvalue weighted by Crippen LogP contribution is 2.20. The molecular formula is C10H16ClN3S. The summed E-state index contributed by atoms with van der Waals surface area (Å²) >= 11 is 7.60. The smallest absolute Gasteiger partial charge is 0.149 e. The predicted molar refractivity (Wildman–Crippen MR) is 69.7 cm³/mol. The minimum atomic E-state index is 0.369. The van der Waals surface area contributed by atoms with Gasteiger partial charge in [-0.25, -0.2) is 4.98 Å². The normalized spacial score (nSPS) is 12.5. The number of nitrogen functional groups attached to an aromatic ring is 1. The van der Waals surface area contributed by atoms with Gasteiger partial charge in [0.05, 0.1) is 10.7 Å². The number of nitrogens with zero attached hydrogens (tertiary/aromatic N) is 1. The predicted octanol–water partition coefficient (Wildman–Crippen LogP) is 2.87. The maximum atomic E-state index is 5.78. The number of halogens is 1. The largest absolute Gasteiger partial charge is 0.396 e. The van der Waals surface area contributed by atoms with Crippen LogP contribution in [-0.4, -0.2) is 23.0 Å². The van der Waals surface area contributed by atoms with Crippen LogP contribution >= 0.6 is 23.4 Å². The van der Waals surface area contributed by atoms with Crippen molar-refractivity contribution in [2.45, 2.75) is 19.4 Å². The number of thioether (sulfide) groups is 1. The third kappa shape index (κ3) is 4.18. The number of aromatic nitrogens is 1. The second-order valence-corrected chi connectivity index (χ2v) is 4.84. The number of pyridine rings is 1. The fraction of sp³-hybridized carbons (Fsp3) is 0.500. The lowest BCUT2D eigenvalue weighted by atomic mass is 10.2. The Hall–Kier alpha value is -0.610. The van der Waals surface area contributed by atoms with Gasteiger partial charge < -0.3 is 11.1 Å². The molecule has 0 amide bonds. The molecule has 0 aliphatic heterocycles. The summed E-state index contributed by atoms with van der Waals surface area (Å²) in [6, 6.07) is 2.08. The van der Waals surface area contributed by atoms with Crippen molar-refractivity contribution >= 4 is 34.9 Å². The summed E-state index contributed by atoms with van der Waals surface area (Å²) in [6.45, 7) is 2.12. The first-order valence-electron chi connectivity index (χ1n) is 4.80. The summed E-state index contributed by atoms with van der Waals surface area (Å²) in [5.74, 6) is 1.84. The summed E-state index contributed by atoms with van der Waals surface area (Å²) in [4.78, 5) is 4.15. The third-order valence-corrected chi connectivity index (χ3v) is 2.87. The molecule has 0 radical (unpaired) electrons. The van der Waals surface area contributed by atoms with Gasteiger partial charge in [-0.15, -0.1) is 0 Å². The Labute approximate surface area is 99.8 Å². The summed E-state index contributed by atoms with van der Waals surface area (Å²) in [5.41, 5.74) is 6.38. The van der Waals surface area contributed by atoms with Gasteiger partial charge in [-0.1, -0.05) is 11.6 Å². The van der Waals surface area contributed by atoms with Crippen LogP contribution in [0.4, 0.5) is 11.5 Å². The molecule has 1 aromatic heterocycles. The summed E-state index contributed by atoms with van der Waals surface area (Å²) in [6.07, 6.45) is 4.79. The molecule has 0 aliphatic carbocycles. The lowest BCUT2D eigenvalue weighted by Gasteiger charge is -2.15. The Bertz CT molecular complexity index is 320. The van der Waals surface area contributed by atoms with Crippen LogP contribution in [0.5, 0.6) is 0 Å². The molecule has 0 spiro atoms. The molecular weight excluding hydrogens is 230 g/mol. The highest BCUT2D eigenvalue weighted by atomic mass is 35.5. The minimum absolute atomic E-state index is 0.369. The molecule has 5 heteroatoms. The van der Waals surface area contributed by atoms with Crippen LogP contribution in [0.1, 0.15) is 13.3 Å². The van der Waals surface area contributed by atoms with Crippen LogP contribution in [0.25, 0.3) is 0 Å². The SMILES string of the molecule is CSCCC(C)Nc1ncc(Cl)cc1N. The number of hydrogen-bond acceptors (Lipinski definition) is 4. The van der Waals surface area contributed by atoms with Crippen LogP contribution in [-0.2, 0) is 0 Å². The Morgan fingerprint density at radius 2 is 2.40 bits per heavy atom. The zero-order valence-corrected chi connectivity index (χ0v) is 10.5. The average molecular weight is 246 g/mol. The second kappa shape index (κ2) is 6.08. The molecule has 3 N–H and O–H groups in total. The molecule has 15 heavy (non-hydrogen) atoms. The van der Waals surface area contributed by atoms with Crippen LogP contribution in [0.3, 0.4) is 0 Å². The van der Waals surface area contributed by atoms with Crippen LogP contribution < -0.4 is 11.1 Å². The highest BCUT2D eigenvalue weighted by Gasteiger charge is 2.05. The van der Waals surface area contributed by atoms with E-state index in [1.807, 2.05) is 11.8 Å². The topological polar surface area (TPSA) is 50.9 Å². The maximum Gasteiger partial charge on any atom is 0.149 e. The van der Waals surface area contributed by atoms with Crippen molar-refractivity contribution in [1.29, 1.82) is 0 Å². The van der Waals surface area contributed by atoms with E-state index in [1.165, 1.54) is 0 Å². The van der Waals surface area contributed by atoms with Gasteiger partial charge in [0.2, 0.25) is 0 Å². The Balaban J connectivity index is 2.56. The van der Waals surface area contributed by atoms with E-state index in [1.54, 1.807) is 12.3 Å². The molecule has 1 atom stereocenters. The molecule has 1 heterocycles. The molecule has 1 unspecified atom stereocenters. The van der Waals surface area contributed by atoms with Crippen molar-refractivity contribution < 1.29 is 0 Å². The number of hydrogen-bond donors (Lipinski definition) is 2. The van der Waals surface area contributed by atoms with Gasteiger partial charge in [-0.3, -0.25) is 0 Å². The maximum absolute atomic E-state index is 5.78. The summed E-state index contributed by atoms with van der Waals surface area (Å²) in [5, 5.41) is 3.83. The molecule has 0 fully saturated rings. The monoisotopic (exact) mass is 245 g/mol. The molecule has 0 bridgehead atoms. The fourth-order valence-electron chi connectivity index (χ4n) is 1.18. The van der Waals surface area contributed by atoms with Gasteiger partial charge in [0.15, 0.2) is 0 Å². The van der Waals surface area contributed by atoms with E-state index in [2.05, 4.69) is 23.5 Å². The van der Waals surface area contributed by atoms with Crippen LogP contribution in [0.2, 0.25) is 5.02 Å². The van der Waals surface area contributed by atoms with Gasteiger partial charge in [0, 0.05) is 12.2 Å². The zero-order chi connectivity index (χ0) is 11.3. The molecule has 0 aromatic carbocycles. The molecule has 0 saturated heterocycles. The van der Waals surface area contributed by atoms with Crippen LogP contribution in [0.15, 0.2) is 12.3 Å². The first-order chi connectivity index (χ1) is 7.13. The number of rotatable bonds is 5. The van der Waals surface area contributed by atoms with E-state index in [9.17, 15) is 0 Å². The van der Waals surface area contributed by atoms with Crippen molar-refractivity contribution in [2.75, 3.05) is 23.1 Å². The van der Waals surface area contributed by atoms with Gasteiger partial charge in [0.25, 0.3) is 0 Å². The molecule has 1 aromatic rings. The van der Waals surface area contributed by atoms with Crippen molar-refractivity contribution in [2.24, 2.45) is 0 Å². The second-order valence-electron chi connectivity index (χ2n) is 3.42. The van der Waals surface area contributed by atoms with E-state index in [4.69, 9.17) is 17.3 Å². The average Bonchev–Trinajstić information content (AvgIpc) is 2.19. The first-order valence-corrected chi connectivity index (χ1v) is 6.57. The fourth-order valence-corrected chi connectivity index (χ4v) is 1.93. The summed E-state index contributed by atoms with van der Waals surface area (Å²) in [7, 11) is 0. The van der Waals surface area contributed by atoms with Crippen molar-refractivity contribution in [3.63, 3.8) is 0 Å². The standard InChI is InChI=1S/C10H16ClN3S/c1-7(3-4-15-2)14-10-9(12)5-8(11)6-13-10/h5-7H,3-4,12H2,1-2H3,(H,13,14). The molecule has 0 saturated carbocycles. The Morgan fingerprint density at radius 3 is 3.00 bits per heavy atom. The first kappa shape index (κ1) is 12.5. The van der Waals surface area contributed by atoms with Crippen LogP contribution in [0, 0.1) is 0 Å². The van der Waals surface area contributed by atoms with E-state index >= 15 is 0 Å². The van der Waals surface area contributed by atoms with Crippen molar-refractivity contribution in [3.8, 4) is 0 Å². The molecule has 3 nitrogen and oxygen atoms in total. The number of nitrogens with one attached hydrogen (secondary N) is 1. The van der Waals surface area contributed by atoms with E-state index in [-0.39, 0.29) is 0 Å². The lowest BCUT2D eigenvalue weighted by molar-refractivity contribution is 0.767. The van der Waals surface area contributed by atoms with Gasteiger partial charge >= 0.3 is 0 Å². The van der Waals surface area contributed by atoms with E-state index in [0.29, 0.717) is 22.6 Å². The van der Waals surface area contributed by atoms with Gasteiger partial charge in [0.1, 0.15) is 5.82 Å². The summed E-state index contributed by atoms with van der Waals surface area (Å²) < 4.78 is 0. The Kier molecular flexibility index (Phi) is 5.05. The molecule has 84 valence electrons. The lowest BCUT2D eigenvalue weighted by Crippen LogP contribution is -2.17. The third-order valence-electron chi connectivity index (χ3n) is 2.02. The zero-order valence-electron chi connectivity index (χ0n) is 8.96. The minimum Gasteiger partial charge on any atom is -0.396 e. The van der Waals surface area contributed by atoms with Gasteiger partial charge in [-0.2, -0.15) is 11.8 Å². The van der Waals surface area contributed by atoms with Gasteiger partial charge in [-0.05, 0) is 31.4 Å². The molecule has 1 rings (SSSR count). The quantitative estimate of drug-likeness (QED) is 0.838. The van der Waals surface area contributed by atoms with E-state index in [0.717, 1.165) is 12.2 Å². The number of nitrogens with two attached hydrogens (primary N) is 1. The Morgan fingerprint density at radius 1 is 1.67 bits per heavy atom. The van der Waals surface area contributed by atoms with Crippen molar-refractivity contribution in [1.82, 2.24) is 4.98 Å².